The third-order valence-corrected chi connectivity index (χ3v) is 8.09. The summed E-state index contributed by atoms with van der Waals surface area (Å²) in [5.41, 5.74) is 5.01. The molecule has 0 radical (unpaired) electrons. The molecule has 0 amide bonds. The largest absolute Gasteiger partial charge is 0.371 e. The highest BCUT2D eigenvalue weighted by Crippen LogP contribution is 2.38. The molecule has 4 aliphatic heterocycles. The van der Waals surface area contributed by atoms with Gasteiger partial charge >= 0.3 is 0 Å². The molecule has 4 aliphatic rings. The van der Waals surface area contributed by atoms with Crippen LogP contribution < -0.4 is 15.5 Å². The van der Waals surface area contributed by atoms with Crippen LogP contribution in [0, 0.1) is 11.8 Å². The van der Waals surface area contributed by atoms with E-state index in [4.69, 9.17) is 12.2 Å². The van der Waals surface area contributed by atoms with Crippen molar-refractivity contribution in [1.29, 1.82) is 0 Å². The molecule has 1 aromatic heterocycles. The van der Waals surface area contributed by atoms with Gasteiger partial charge in [0.15, 0.2) is 5.11 Å². The Morgan fingerprint density at radius 2 is 1.94 bits per heavy atom. The molecule has 2 aromatic carbocycles. The maximum atomic E-state index is 5.59. The lowest BCUT2D eigenvalue weighted by Gasteiger charge is -2.51. The number of hydrogen-bond donors (Lipinski definition) is 2. The summed E-state index contributed by atoms with van der Waals surface area (Å²) in [6, 6.07) is 19.6. The van der Waals surface area contributed by atoms with E-state index in [1.165, 1.54) is 56.7 Å². The fraction of sp³-hybridized carbons (Fsp3) is 0.407. The minimum Gasteiger partial charge on any atom is -0.371 e. The first-order chi connectivity index (χ1) is 16.7. The first-order valence-electron chi connectivity index (χ1n) is 12.4. The van der Waals surface area contributed by atoms with Gasteiger partial charge in [0.1, 0.15) is 0 Å². The van der Waals surface area contributed by atoms with Gasteiger partial charge in [-0.1, -0.05) is 18.2 Å². The lowest BCUT2D eigenvalue weighted by molar-refractivity contribution is 0.00645. The van der Waals surface area contributed by atoms with Gasteiger partial charge in [-0.05, 0) is 91.8 Å². The van der Waals surface area contributed by atoms with E-state index in [0.29, 0.717) is 11.2 Å². The molecule has 3 fully saturated rings. The first kappa shape index (κ1) is 21.6. The van der Waals surface area contributed by atoms with Crippen LogP contribution in [0.1, 0.15) is 18.4 Å². The van der Waals surface area contributed by atoms with Crippen molar-refractivity contribution in [1.82, 2.24) is 20.0 Å². The lowest BCUT2D eigenvalue weighted by atomic mass is 9.75. The van der Waals surface area contributed by atoms with E-state index in [0.717, 1.165) is 29.8 Å². The predicted octanol–water partition coefficient (Wildman–Crippen LogP) is 3.93. The first-order valence-corrected chi connectivity index (χ1v) is 12.9. The number of benzene rings is 2. The zero-order valence-corrected chi connectivity index (χ0v) is 20.3. The van der Waals surface area contributed by atoms with Crippen LogP contribution in [0.15, 0.2) is 67.0 Å². The van der Waals surface area contributed by atoms with Gasteiger partial charge in [0, 0.05) is 56.0 Å². The second kappa shape index (κ2) is 9.39. The number of piperidine rings is 3. The van der Waals surface area contributed by atoms with Gasteiger partial charge in [0.05, 0.1) is 5.69 Å². The van der Waals surface area contributed by atoms with E-state index in [1.807, 2.05) is 41.2 Å². The quantitative estimate of drug-likeness (QED) is 0.530. The Balaban J connectivity index is 0.992. The van der Waals surface area contributed by atoms with Gasteiger partial charge in [-0.3, -0.25) is 4.90 Å². The normalized spacial score (nSPS) is 25.2. The Bertz CT molecular complexity index is 1130. The Morgan fingerprint density at radius 1 is 1.06 bits per heavy atom. The number of aromatic nitrogens is 2. The molecule has 34 heavy (non-hydrogen) atoms. The van der Waals surface area contributed by atoms with E-state index < -0.39 is 0 Å². The summed E-state index contributed by atoms with van der Waals surface area (Å²) in [5, 5.41) is 11.8. The fourth-order valence-electron chi connectivity index (χ4n) is 6.05. The molecule has 4 atom stereocenters. The van der Waals surface area contributed by atoms with Crippen LogP contribution in [-0.4, -0.2) is 58.6 Å². The van der Waals surface area contributed by atoms with Gasteiger partial charge in [0.2, 0.25) is 0 Å². The number of fused-ring (bicyclic) bond motifs is 4. The van der Waals surface area contributed by atoms with Crippen LogP contribution in [0.2, 0.25) is 0 Å². The Morgan fingerprint density at radius 3 is 2.74 bits per heavy atom. The molecule has 2 bridgehead atoms. The highest BCUT2D eigenvalue weighted by molar-refractivity contribution is 7.80. The molecule has 7 rings (SSSR count). The van der Waals surface area contributed by atoms with E-state index >= 15 is 0 Å². The number of nitrogens with zero attached hydrogens (tertiary/aromatic N) is 4. The standard InChI is InChI=1S/C27H32N6S/c34-27(30-23-6-8-24(9-7-23)33-13-3-12-29-33)28-17-25-16-21-11-14-31(25)18-22(21)19-32-15-10-20-4-1-2-5-26(20)32/h1-9,12-13,21-22,25H,10-11,14-19H2,(H2,28,30,34)/t21-,22-,25+/m0/s1. The third-order valence-electron chi connectivity index (χ3n) is 7.84. The maximum Gasteiger partial charge on any atom is 0.170 e. The summed E-state index contributed by atoms with van der Waals surface area (Å²) in [4.78, 5) is 5.33. The minimum absolute atomic E-state index is 0.572. The summed E-state index contributed by atoms with van der Waals surface area (Å²) >= 11 is 5.59. The molecule has 176 valence electrons. The van der Waals surface area contributed by atoms with Crippen molar-refractivity contribution < 1.29 is 0 Å². The Hall–Kier alpha value is -2.90. The summed E-state index contributed by atoms with van der Waals surface area (Å²) in [6.45, 7) is 5.72. The van der Waals surface area contributed by atoms with E-state index in [1.54, 1.807) is 6.20 Å². The van der Waals surface area contributed by atoms with Gasteiger partial charge < -0.3 is 15.5 Å². The van der Waals surface area contributed by atoms with Gasteiger partial charge in [-0.15, -0.1) is 0 Å². The molecular formula is C27H32N6S. The second-order valence-electron chi connectivity index (χ2n) is 9.85. The molecule has 2 N–H and O–H groups in total. The molecular weight excluding hydrogens is 440 g/mol. The van der Waals surface area contributed by atoms with Crippen LogP contribution in [0.4, 0.5) is 11.4 Å². The number of para-hydroxylation sites is 1. The zero-order valence-electron chi connectivity index (χ0n) is 19.4. The monoisotopic (exact) mass is 472 g/mol. The van der Waals surface area contributed by atoms with E-state index in [2.05, 4.69) is 49.8 Å². The van der Waals surface area contributed by atoms with Crippen molar-refractivity contribution in [2.45, 2.75) is 25.3 Å². The van der Waals surface area contributed by atoms with Crippen molar-refractivity contribution in [2.24, 2.45) is 11.8 Å². The summed E-state index contributed by atoms with van der Waals surface area (Å²) < 4.78 is 1.85. The number of rotatable bonds is 6. The van der Waals surface area contributed by atoms with Gasteiger partial charge in [0.25, 0.3) is 0 Å². The highest BCUT2D eigenvalue weighted by atomic mass is 32.1. The third kappa shape index (κ3) is 4.42. The number of anilines is 2. The molecule has 7 heteroatoms. The average molecular weight is 473 g/mol. The molecule has 6 nitrogen and oxygen atoms in total. The maximum absolute atomic E-state index is 5.59. The molecule has 3 aromatic rings. The van der Waals surface area contributed by atoms with Crippen molar-refractivity contribution in [3.05, 3.63) is 72.6 Å². The van der Waals surface area contributed by atoms with Crippen molar-refractivity contribution in [3.63, 3.8) is 0 Å². The molecule has 0 spiro atoms. The number of nitrogens with one attached hydrogen (secondary N) is 2. The Kier molecular flexibility index (Phi) is 5.97. The molecule has 3 saturated heterocycles. The van der Waals surface area contributed by atoms with Crippen LogP contribution in [0.25, 0.3) is 5.69 Å². The van der Waals surface area contributed by atoms with Gasteiger partial charge in [-0.2, -0.15) is 5.10 Å². The van der Waals surface area contributed by atoms with E-state index in [9.17, 15) is 0 Å². The summed E-state index contributed by atoms with van der Waals surface area (Å²) in [5.74, 6) is 1.59. The van der Waals surface area contributed by atoms with Crippen molar-refractivity contribution in [2.75, 3.05) is 42.9 Å². The minimum atomic E-state index is 0.572. The predicted molar refractivity (Wildman–Crippen MR) is 142 cm³/mol. The molecule has 0 aliphatic carbocycles. The fourth-order valence-corrected chi connectivity index (χ4v) is 6.25. The van der Waals surface area contributed by atoms with Crippen LogP contribution in [-0.2, 0) is 6.42 Å². The van der Waals surface area contributed by atoms with E-state index in [-0.39, 0.29) is 0 Å². The van der Waals surface area contributed by atoms with Crippen LogP contribution in [0.3, 0.4) is 0 Å². The molecule has 5 heterocycles. The lowest BCUT2D eigenvalue weighted by Crippen LogP contribution is -2.58. The van der Waals surface area contributed by atoms with Crippen molar-refractivity contribution >= 4 is 28.7 Å². The smallest absolute Gasteiger partial charge is 0.170 e. The highest BCUT2D eigenvalue weighted by Gasteiger charge is 2.41. The molecule has 0 saturated carbocycles. The second-order valence-corrected chi connectivity index (χ2v) is 10.3. The summed E-state index contributed by atoms with van der Waals surface area (Å²) in [7, 11) is 0. The van der Waals surface area contributed by atoms with Crippen molar-refractivity contribution in [3.8, 4) is 5.69 Å². The SMILES string of the molecule is S=C(NC[C@H]1C[C@@H]2CCN1C[C@H]2CN1CCc2ccccc21)Nc1ccc(-n2cccn2)cc1. The van der Waals surface area contributed by atoms with Crippen LogP contribution >= 0.6 is 12.2 Å². The number of thiocarbonyl (C=S) groups is 1. The van der Waals surface area contributed by atoms with Crippen LogP contribution in [0.5, 0.6) is 0 Å². The average Bonchev–Trinajstić information content (AvgIpc) is 3.55. The Labute approximate surface area is 206 Å². The zero-order chi connectivity index (χ0) is 22.9. The number of hydrogen-bond acceptors (Lipinski definition) is 4. The topological polar surface area (TPSA) is 48.4 Å². The van der Waals surface area contributed by atoms with Gasteiger partial charge in [-0.25, -0.2) is 4.68 Å². The summed E-state index contributed by atoms with van der Waals surface area (Å²) in [6.07, 6.45) is 7.53. The molecule has 1 unspecified atom stereocenters.